The van der Waals surface area contributed by atoms with Gasteiger partial charge in [-0.3, -0.25) is 0 Å². The highest BCUT2D eigenvalue weighted by Crippen LogP contribution is 2.29. The molecule has 3 heteroatoms. The maximum Gasteiger partial charge on any atom is 0.0465 e. The SMILES string of the molecule is C1=C(c2ccccc2)CC(CCCCSc2c[nH]c3ccccc23)NC1. The van der Waals surface area contributed by atoms with Crippen LogP contribution >= 0.6 is 11.8 Å². The molecule has 0 fully saturated rings. The molecule has 2 heterocycles. The third-order valence-corrected chi connectivity index (χ3v) is 6.26. The van der Waals surface area contributed by atoms with Crippen LogP contribution in [0.5, 0.6) is 0 Å². The highest BCUT2D eigenvalue weighted by molar-refractivity contribution is 7.99. The van der Waals surface area contributed by atoms with E-state index in [4.69, 9.17) is 0 Å². The molecule has 2 N–H and O–H groups in total. The van der Waals surface area contributed by atoms with Crippen LogP contribution in [0.15, 0.2) is 71.8 Å². The van der Waals surface area contributed by atoms with Gasteiger partial charge in [-0.05, 0) is 42.2 Å². The van der Waals surface area contributed by atoms with Gasteiger partial charge in [-0.25, -0.2) is 0 Å². The number of fused-ring (bicyclic) bond motifs is 1. The summed E-state index contributed by atoms with van der Waals surface area (Å²) in [4.78, 5) is 4.74. The van der Waals surface area contributed by atoms with Gasteiger partial charge >= 0.3 is 0 Å². The molecule has 0 radical (unpaired) electrons. The van der Waals surface area contributed by atoms with Gasteiger partial charge in [0.1, 0.15) is 0 Å². The Morgan fingerprint density at radius 1 is 0.962 bits per heavy atom. The van der Waals surface area contributed by atoms with Crippen molar-refractivity contribution in [2.45, 2.75) is 36.6 Å². The Morgan fingerprint density at radius 3 is 2.73 bits per heavy atom. The predicted octanol–water partition coefficient (Wildman–Crippen LogP) is 5.88. The Hall–Kier alpha value is -1.97. The van der Waals surface area contributed by atoms with Crippen molar-refractivity contribution >= 4 is 28.2 Å². The first-order valence-electron chi connectivity index (χ1n) is 9.57. The number of nitrogens with one attached hydrogen (secondary N) is 2. The normalized spacial score (nSPS) is 17.4. The smallest absolute Gasteiger partial charge is 0.0465 e. The number of aromatic nitrogens is 1. The third-order valence-electron chi connectivity index (χ3n) is 5.12. The van der Waals surface area contributed by atoms with Gasteiger partial charge in [0, 0.05) is 34.6 Å². The molecule has 2 nitrogen and oxygen atoms in total. The number of unbranched alkanes of at least 4 members (excludes halogenated alkanes) is 1. The molecule has 1 aromatic heterocycles. The lowest BCUT2D eigenvalue weighted by molar-refractivity contribution is 0.483. The van der Waals surface area contributed by atoms with E-state index in [0.29, 0.717) is 6.04 Å². The summed E-state index contributed by atoms with van der Waals surface area (Å²) in [6, 6.07) is 20.0. The number of para-hydroxylation sites is 1. The molecule has 0 spiro atoms. The maximum absolute atomic E-state index is 3.66. The summed E-state index contributed by atoms with van der Waals surface area (Å²) in [6.07, 6.45) is 9.47. The molecule has 1 aliphatic heterocycles. The van der Waals surface area contributed by atoms with Crippen LogP contribution in [-0.2, 0) is 0 Å². The van der Waals surface area contributed by atoms with E-state index >= 15 is 0 Å². The molecule has 1 unspecified atom stereocenters. The van der Waals surface area contributed by atoms with Crippen molar-refractivity contribution in [2.24, 2.45) is 0 Å². The quantitative estimate of drug-likeness (QED) is 0.406. The van der Waals surface area contributed by atoms with Gasteiger partial charge in [0.2, 0.25) is 0 Å². The summed E-state index contributed by atoms with van der Waals surface area (Å²) in [5.41, 5.74) is 4.12. The van der Waals surface area contributed by atoms with Crippen LogP contribution in [0.2, 0.25) is 0 Å². The minimum Gasteiger partial charge on any atom is -0.360 e. The fourth-order valence-corrected chi connectivity index (χ4v) is 4.75. The molecular weight excluding hydrogens is 336 g/mol. The number of benzene rings is 2. The lowest BCUT2D eigenvalue weighted by Crippen LogP contribution is -2.32. The fraction of sp³-hybridized carbons (Fsp3) is 0.304. The Bertz CT molecular complexity index is 866. The lowest BCUT2D eigenvalue weighted by Gasteiger charge is -2.24. The van der Waals surface area contributed by atoms with E-state index in [1.165, 1.54) is 52.0 Å². The van der Waals surface area contributed by atoms with Crippen LogP contribution < -0.4 is 5.32 Å². The van der Waals surface area contributed by atoms with Crippen LogP contribution in [0.3, 0.4) is 0 Å². The summed E-state index contributed by atoms with van der Waals surface area (Å²) in [7, 11) is 0. The van der Waals surface area contributed by atoms with Crippen molar-refractivity contribution in [3.8, 4) is 0 Å². The van der Waals surface area contributed by atoms with Crippen molar-refractivity contribution in [2.75, 3.05) is 12.3 Å². The molecule has 134 valence electrons. The Kier molecular flexibility index (Phi) is 5.78. The van der Waals surface area contributed by atoms with Crippen molar-refractivity contribution in [1.29, 1.82) is 0 Å². The fourth-order valence-electron chi connectivity index (χ4n) is 3.70. The molecule has 3 aromatic rings. The van der Waals surface area contributed by atoms with E-state index in [0.717, 1.165) is 13.0 Å². The zero-order valence-electron chi connectivity index (χ0n) is 15.1. The zero-order chi connectivity index (χ0) is 17.6. The summed E-state index contributed by atoms with van der Waals surface area (Å²) in [6.45, 7) is 0.999. The van der Waals surface area contributed by atoms with E-state index in [1.807, 2.05) is 11.8 Å². The number of hydrogen-bond acceptors (Lipinski definition) is 2. The molecule has 0 saturated heterocycles. The topological polar surface area (TPSA) is 27.8 Å². The average molecular weight is 363 g/mol. The summed E-state index contributed by atoms with van der Waals surface area (Å²) in [5.74, 6) is 1.19. The molecule has 1 atom stereocenters. The van der Waals surface area contributed by atoms with Gasteiger partial charge in [0.25, 0.3) is 0 Å². The number of hydrogen-bond donors (Lipinski definition) is 2. The van der Waals surface area contributed by atoms with E-state index in [2.05, 4.69) is 77.2 Å². The first-order chi connectivity index (χ1) is 12.9. The molecular formula is C23H26N2S. The van der Waals surface area contributed by atoms with E-state index in [1.54, 1.807) is 0 Å². The number of aromatic amines is 1. The Balaban J connectivity index is 1.21. The molecule has 0 bridgehead atoms. The molecule has 0 aliphatic carbocycles. The molecule has 26 heavy (non-hydrogen) atoms. The third kappa shape index (κ3) is 4.22. The van der Waals surface area contributed by atoms with E-state index in [9.17, 15) is 0 Å². The summed E-state index contributed by atoms with van der Waals surface area (Å²) in [5, 5.41) is 5.01. The van der Waals surface area contributed by atoms with Gasteiger partial charge in [0.15, 0.2) is 0 Å². The lowest BCUT2D eigenvalue weighted by atomic mass is 9.93. The largest absolute Gasteiger partial charge is 0.360 e. The van der Waals surface area contributed by atoms with Crippen molar-refractivity contribution in [3.05, 3.63) is 72.4 Å². The Labute approximate surface area is 160 Å². The van der Waals surface area contributed by atoms with Crippen LogP contribution in [0.1, 0.15) is 31.2 Å². The van der Waals surface area contributed by atoms with E-state index < -0.39 is 0 Å². The van der Waals surface area contributed by atoms with Gasteiger partial charge in [-0.15, -0.1) is 11.8 Å². The molecule has 1 aliphatic rings. The summed E-state index contributed by atoms with van der Waals surface area (Å²) < 4.78 is 0. The van der Waals surface area contributed by atoms with Gasteiger partial charge in [-0.2, -0.15) is 0 Å². The second kappa shape index (κ2) is 8.61. The van der Waals surface area contributed by atoms with Gasteiger partial charge < -0.3 is 10.3 Å². The first kappa shape index (κ1) is 17.4. The van der Waals surface area contributed by atoms with Crippen LogP contribution in [0.25, 0.3) is 16.5 Å². The first-order valence-corrected chi connectivity index (χ1v) is 10.6. The van der Waals surface area contributed by atoms with Crippen LogP contribution in [0.4, 0.5) is 0 Å². The molecule has 4 rings (SSSR count). The highest BCUT2D eigenvalue weighted by atomic mass is 32.2. The van der Waals surface area contributed by atoms with Crippen molar-refractivity contribution in [1.82, 2.24) is 10.3 Å². The monoisotopic (exact) mass is 362 g/mol. The standard InChI is InChI=1S/C23H26N2S/c1-2-8-18(9-3-1)19-13-14-24-20(16-19)10-6-7-15-26-23-17-25-22-12-5-4-11-21(22)23/h1-5,8-9,11-13,17,20,24-25H,6-7,10,14-16H2. The minimum absolute atomic E-state index is 0.619. The van der Waals surface area contributed by atoms with E-state index in [-0.39, 0.29) is 0 Å². The summed E-state index contributed by atoms with van der Waals surface area (Å²) >= 11 is 1.98. The number of H-pyrrole nitrogens is 1. The van der Waals surface area contributed by atoms with Crippen LogP contribution in [0, 0.1) is 0 Å². The maximum atomic E-state index is 3.66. The second-order valence-corrected chi connectivity index (χ2v) is 8.08. The van der Waals surface area contributed by atoms with Crippen molar-refractivity contribution < 1.29 is 0 Å². The Morgan fingerprint density at radius 2 is 1.81 bits per heavy atom. The minimum atomic E-state index is 0.619. The van der Waals surface area contributed by atoms with Gasteiger partial charge in [0.05, 0.1) is 0 Å². The molecule has 0 saturated carbocycles. The number of thioether (sulfide) groups is 1. The zero-order valence-corrected chi connectivity index (χ0v) is 15.9. The number of rotatable bonds is 7. The average Bonchev–Trinajstić information content (AvgIpc) is 3.12. The van der Waals surface area contributed by atoms with Gasteiger partial charge in [-0.1, -0.05) is 61.0 Å². The molecule has 0 amide bonds. The highest BCUT2D eigenvalue weighted by Gasteiger charge is 2.15. The van der Waals surface area contributed by atoms with Crippen molar-refractivity contribution in [3.63, 3.8) is 0 Å². The molecule has 2 aromatic carbocycles. The van der Waals surface area contributed by atoms with Crippen LogP contribution in [-0.4, -0.2) is 23.3 Å². The second-order valence-electron chi connectivity index (χ2n) is 6.95. The predicted molar refractivity (Wildman–Crippen MR) is 114 cm³/mol.